The lowest BCUT2D eigenvalue weighted by Crippen LogP contribution is -2.57. The number of hydrogen-bond acceptors (Lipinski definition) is 3. The molecule has 1 N–H and O–H groups in total. The van der Waals surface area contributed by atoms with Crippen molar-refractivity contribution in [2.45, 2.75) is 44.8 Å². The van der Waals surface area contributed by atoms with Crippen molar-refractivity contribution in [1.82, 2.24) is 10.2 Å². The number of ether oxygens (including phenoxy) is 1. The van der Waals surface area contributed by atoms with Gasteiger partial charge in [-0.15, -0.1) is 0 Å². The third-order valence-electron chi connectivity index (χ3n) is 2.48. The second-order valence-electron chi connectivity index (χ2n) is 5.49. The van der Waals surface area contributed by atoms with Gasteiger partial charge in [-0.1, -0.05) is 0 Å². The van der Waals surface area contributed by atoms with Crippen LogP contribution in [0.5, 0.6) is 0 Å². The molecule has 0 radical (unpaired) electrons. The fourth-order valence-electron chi connectivity index (χ4n) is 1.74. The summed E-state index contributed by atoms with van der Waals surface area (Å²) in [4.78, 5) is 13.0. The molecule has 0 aromatic rings. The Morgan fingerprint density at radius 3 is 2.53 bits per heavy atom. The van der Waals surface area contributed by atoms with Gasteiger partial charge in [0.1, 0.15) is 5.60 Å². The molecule has 1 fully saturated rings. The standard InChI is InChI=1S/C11H20F2N2O2/c1-10(2,3)17-9(16)14-8-5-6-15(4)7-11(8,12)13/h8H,5-7H2,1-4H3,(H,14,16). The molecule has 0 aromatic carbocycles. The zero-order chi connectivity index (χ0) is 13.3. The number of piperidine rings is 1. The number of alkyl halides is 2. The first-order valence-electron chi connectivity index (χ1n) is 5.66. The summed E-state index contributed by atoms with van der Waals surface area (Å²) in [6.45, 7) is 5.28. The van der Waals surface area contributed by atoms with Gasteiger partial charge in [0.15, 0.2) is 0 Å². The Morgan fingerprint density at radius 1 is 1.47 bits per heavy atom. The number of hydrogen-bond donors (Lipinski definition) is 1. The van der Waals surface area contributed by atoms with Crippen molar-refractivity contribution in [3.8, 4) is 0 Å². The van der Waals surface area contributed by atoms with Crippen LogP contribution in [0.25, 0.3) is 0 Å². The number of rotatable bonds is 1. The summed E-state index contributed by atoms with van der Waals surface area (Å²) in [6, 6.07) is -1.14. The molecule has 6 heteroatoms. The highest BCUT2D eigenvalue weighted by Crippen LogP contribution is 2.26. The van der Waals surface area contributed by atoms with Gasteiger partial charge in [0.05, 0.1) is 12.6 Å². The van der Waals surface area contributed by atoms with E-state index in [1.165, 1.54) is 0 Å². The number of carbonyl (C=O) groups excluding carboxylic acids is 1. The molecule has 1 aliphatic rings. The van der Waals surface area contributed by atoms with Gasteiger partial charge < -0.3 is 15.0 Å². The van der Waals surface area contributed by atoms with Crippen molar-refractivity contribution in [3.05, 3.63) is 0 Å². The first-order chi connectivity index (χ1) is 7.60. The monoisotopic (exact) mass is 250 g/mol. The van der Waals surface area contributed by atoms with E-state index in [1.54, 1.807) is 32.7 Å². The second kappa shape index (κ2) is 4.76. The molecule has 0 aromatic heterocycles. The number of likely N-dealkylation sites (tertiary alicyclic amines) is 1. The van der Waals surface area contributed by atoms with Gasteiger partial charge >= 0.3 is 6.09 Å². The van der Waals surface area contributed by atoms with Gasteiger partial charge in [0, 0.05) is 6.54 Å². The van der Waals surface area contributed by atoms with E-state index in [2.05, 4.69) is 5.32 Å². The zero-order valence-corrected chi connectivity index (χ0v) is 10.7. The van der Waals surface area contributed by atoms with Crippen molar-refractivity contribution >= 4 is 6.09 Å². The molecule has 4 nitrogen and oxygen atoms in total. The van der Waals surface area contributed by atoms with Crippen LogP contribution in [0.1, 0.15) is 27.2 Å². The molecule has 1 amide bonds. The van der Waals surface area contributed by atoms with Crippen molar-refractivity contribution in [2.24, 2.45) is 0 Å². The van der Waals surface area contributed by atoms with Crippen LogP contribution < -0.4 is 5.32 Å². The minimum Gasteiger partial charge on any atom is -0.444 e. The van der Waals surface area contributed by atoms with Crippen molar-refractivity contribution in [2.75, 3.05) is 20.1 Å². The number of carbonyl (C=O) groups is 1. The smallest absolute Gasteiger partial charge is 0.408 e. The van der Waals surface area contributed by atoms with Gasteiger partial charge in [0.25, 0.3) is 5.92 Å². The lowest BCUT2D eigenvalue weighted by molar-refractivity contribution is -0.0849. The van der Waals surface area contributed by atoms with Gasteiger partial charge in [-0.25, -0.2) is 13.6 Å². The molecule has 1 aliphatic heterocycles. The maximum Gasteiger partial charge on any atom is 0.408 e. The van der Waals surface area contributed by atoms with Crippen molar-refractivity contribution in [1.29, 1.82) is 0 Å². The molecule has 1 unspecified atom stereocenters. The molecule has 17 heavy (non-hydrogen) atoms. The lowest BCUT2D eigenvalue weighted by atomic mass is 10.0. The predicted molar refractivity (Wildman–Crippen MR) is 60.2 cm³/mol. The highest BCUT2D eigenvalue weighted by atomic mass is 19.3. The van der Waals surface area contributed by atoms with E-state index < -0.39 is 23.7 Å². The molecule has 100 valence electrons. The van der Waals surface area contributed by atoms with Crippen molar-refractivity contribution in [3.63, 3.8) is 0 Å². The van der Waals surface area contributed by atoms with Crippen LogP contribution >= 0.6 is 0 Å². The first kappa shape index (κ1) is 14.2. The largest absolute Gasteiger partial charge is 0.444 e. The van der Waals surface area contributed by atoms with Crippen molar-refractivity contribution < 1.29 is 18.3 Å². The summed E-state index contributed by atoms with van der Waals surface area (Å²) < 4.78 is 32.2. The molecule has 0 aliphatic carbocycles. The number of alkyl carbamates (subject to hydrolysis) is 1. The number of amides is 1. The average molecular weight is 250 g/mol. The molecule has 1 rings (SSSR count). The Bertz CT molecular complexity index is 290. The zero-order valence-electron chi connectivity index (χ0n) is 10.7. The Labute approximate surface area is 100 Å². The molecule has 1 atom stereocenters. The number of nitrogens with one attached hydrogen (secondary N) is 1. The Balaban J connectivity index is 2.54. The van der Waals surface area contributed by atoms with Crippen LogP contribution in [-0.4, -0.2) is 48.7 Å². The molecule has 1 heterocycles. The van der Waals surface area contributed by atoms with Crippen LogP contribution in [-0.2, 0) is 4.74 Å². The molecular formula is C11H20F2N2O2. The molecule has 1 saturated heterocycles. The molecule has 0 bridgehead atoms. The minimum atomic E-state index is -2.91. The highest BCUT2D eigenvalue weighted by molar-refractivity contribution is 5.68. The Morgan fingerprint density at radius 2 is 2.06 bits per heavy atom. The quantitative estimate of drug-likeness (QED) is 0.772. The maximum absolute atomic E-state index is 13.6. The van der Waals surface area contributed by atoms with Crippen LogP contribution in [0.4, 0.5) is 13.6 Å². The normalized spacial score (nSPS) is 25.4. The number of nitrogens with zero attached hydrogens (tertiary/aromatic N) is 1. The van der Waals surface area contributed by atoms with E-state index in [9.17, 15) is 13.6 Å². The molecule has 0 saturated carbocycles. The summed E-state index contributed by atoms with van der Waals surface area (Å²) in [5, 5.41) is 2.25. The van der Waals surface area contributed by atoms with Crippen LogP contribution in [0.2, 0.25) is 0 Å². The van der Waals surface area contributed by atoms with Gasteiger partial charge in [-0.2, -0.15) is 0 Å². The van der Waals surface area contributed by atoms with Gasteiger partial charge in [0.2, 0.25) is 0 Å². The third kappa shape index (κ3) is 4.46. The van der Waals surface area contributed by atoms with Crippen LogP contribution in [0.3, 0.4) is 0 Å². The summed E-state index contributed by atoms with van der Waals surface area (Å²) in [5.74, 6) is -2.91. The van der Waals surface area contributed by atoms with E-state index in [1.807, 2.05) is 0 Å². The van der Waals surface area contributed by atoms with E-state index in [0.717, 1.165) is 0 Å². The lowest BCUT2D eigenvalue weighted by Gasteiger charge is -2.36. The Kier molecular flexibility index (Phi) is 3.96. The molecular weight excluding hydrogens is 230 g/mol. The Hall–Kier alpha value is -0.910. The SMILES string of the molecule is CN1CCC(NC(=O)OC(C)(C)C)C(F)(F)C1. The summed E-state index contributed by atoms with van der Waals surface area (Å²) in [6.07, 6.45) is -0.560. The maximum atomic E-state index is 13.6. The second-order valence-corrected chi connectivity index (χ2v) is 5.49. The van der Waals surface area contributed by atoms with Gasteiger partial charge in [-0.05, 0) is 34.2 Å². The molecule has 0 spiro atoms. The predicted octanol–water partition coefficient (Wildman–Crippen LogP) is 1.85. The highest BCUT2D eigenvalue weighted by Gasteiger charge is 2.44. The first-order valence-corrected chi connectivity index (χ1v) is 5.66. The average Bonchev–Trinajstić information content (AvgIpc) is 2.05. The van der Waals surface area contributed by atoms with Crippen LogP contribution in [0.15, 0.2) is 0 Å². The van der Waals surface area contributed by atoms with Crippen LogP contribution in [0, 0.1) is 0 Å². The summed E-state index contributed by atoms with van der Waals surface area (Å²) in [5.41, 5.74) is -0.676. The van der Waals surface area contributed by atoms with Gasteiger partial charge in [-0.3, -0.25) is 0 Å². The summed E-state index contributed by atoms with van der Waals surface area (Å²) in [7, 11) is 1.64. The fourth-order valence-corrected chi connectivity index (χ4v) is 1.74. The van der Waals surface area contributed by atoms with E-state index in [-0.39, 0.29) is 13.0 Å². The third-order valence-corrected chi connectivity index (χ3v) is 2.48. The topological polar surface area (TPSA) is 41.6 Å². The van der Waals surface area contributed by atoms with E-state index in [4.69, 9.17) is 4.74 Å². The summed E-state index contributed by atoms with van der Waals surface area (Å²) >= 11 is 0. The minimum absolute atomic E-state index is 0.225. The number of halogens is 2. The van der Waals surface area contributed by atoms with E-state index >= 15 is 0 Å². The fraction of sp³-hybridized carbons (Fsp3) is 0.909. The van der Waals surface area contributed by atoms with E-state index in [0.29, 0.717) is 6.54 Å².